The van der Waals surface area contributed by atoms with Crippen LogP contribution in [-0.4, -0.2) is 33.2 Å². The van der Waals surface area contributed by atoms with Gasteiger partial charge in [0.25, 0.3) is 5.91 Å². The van der Waals surface area contributed by atoms with Gasteiger partial charge in [-0.1, -0.05) is 22.9 Å². The number of hydrogen-bond acceptors (Lipinski definition) is 6. The fraction of sp³-hybridized carbons (Fsp3) is 0.438. The predicted molar refractivity (Wildman–Crippen MR) is 94.2 cm³/mol. The van der Waals surface area contributed by atoms with Gasteiger partial charge in [0.2, 0.25) is 5.13 Å². The first-order valence-electron chi connectivity index (χ1n) is 7.71. The molecule has 6 nitrogen and oxygen atoms in total. The molecular formula is C16H19ClN4O2S. The van der Waals surface area contributed by atoms with Gasteiger partial charge in [-0.05, 0) is 51.0 Å². The topological polar surface area (TPSA) is 81.3 Å². The number of nitrogens with two attached hydrogens (primary N) is 1. The zero-order chi connectivity index (χ0) is 17.3. The standard InChI is InChI=1S/C16H19ClN4O2S/c1-16(2,23-11-7-5-10(17)6-8-11)14(22)21-9-3-4-12(21)13-19-20-15(18)24-13/h5-8,12H,3-4,9H2,1-2H3,(H2,18,20)/t12-/m0/s1. The van der Waals surface area contributed by atoms with E-state index in [-0.39, 0.29) is 11.9 Å². The Morgan fingerprint density at radius 3 is 2.71 bits per heavy atom. The highest BCUT2D eigenvalue weighted by atomic mass is 35.5. The number of rotatable bonds is 4. The van der Waals surface area contributed by atoms with Crippen molar-refractivity contribution in [3.63, 3.8) is 0 Å². The van der Waals surface area contributed by atoms with E-state index >= 15 is 0 Å². The minimum absolute atomic E-state index is 0.0753. The van der Waals surface area contributed by atoms with Gasteiger partial charge in [0.05, 0.1) is 6.04 Å². The molecule has 1 aromatic heterocycles. The van der Waals surface area contributed by atoms with E-state index in [1.54, 1.807) is 38.1 Å². The fourth-order valence-electron chi connectivity index (χ4n) is 2.83. The summed E-state index contributed by atoms with van der Waals surface area (Å²) in [6.07, 6.45) is 1.78. The van der Waals surface area contributed by atoms with E-state index in [0.717, 1.165) is 17.8 Å². The molecule has 2 N–H and O–H groups in total. The zero-order valence-corrected chi connectivity index (χ0v) is 15.1. The van der Waals surface area contributed by atoms with E-state index in [1.165, 1.54) is 11.3 Å². The van der Waals surface area contributed by atoms with E-state index in [2.05, 4.69) is 10.2 Å². The molecule has 1 atom stereocenters. The smallest absolute Gasteiger partial charge is 0.266 e. The Morgan fingerprint density at radius 2 is 2.08 bits per heavy atom. The third kappa shape index (κ3) is 3.47. The lowest BCUT2D eigenvalue weighted by Crippen LogP contribution is -2.48. The Bertz CT molecular complexity index is 732. The second-order valence-electron chi connectivity index (χ2n) is 6.20. The number of carbonyl (C=O) groups is 1. The molecular weight excluding hydrogens is 348 g/mol. The van der Waals surface area contributed by atoms with Crippen molar-refractivity contribution in [1.29, 1.82) is 0 Å². The van der Waals surface area contributed by atoms with Gasteiger partial charge in [0.15, 0.2) is 5.60 Å². The molecule has 0 spiro atoms. The first-order valence-corrected chi connectivity index (χ1v) is 8.91. The molecule has 0 bridgehead atoms. The summed E-state index contributed by atoms with van der Waals surface area (Å²) in [6.45, 7) is 4.22. The SMILES string of the molecule is CC(C)(Oc1ccc(Cl)cc1)C(=O)N1CCC[C@H]1c1nnc(N)s1. The molecule has 24 heavy (non-hydrogen) atoms. The Labute approximate surface area is 149 Å². The Hall–Kier alpha value is -1.86. The highest BCUT2D eigenvalue weighted by molar-refractivity contribution is 7.15. The normalized spacial score (nSPS) is 18.0. The summed E-state index contributed by atoms with van der Waals surface area (Å²) in [5, 5.41) is 9.78. The average Bonchev–Trinajstić information content (AvgIpc) is 3.17. The van der Waals surface area contributed by atoms with E-state index in [9.17, 15) is 4.79 Å². The molecule has 1 amide bonds. The summed E-state index contributed by atoms with van der Waals surface area (Å²) in [4.78, 5) is 14.8. The van der Waals surface area contributed by atoms with Crippen LogP contribution in [0.15, 0.2) is 24.3 Å². The van der Waals surface area contributed by atoms with Gasteiger partial charge in [-0.15, -0.1) is 10.2 Å². The number of hydrogen-bond donors (Lipinski definition) is 1. The summed E-state index contributed by atoms with van der Waals surface area (Å²) in [7, 11) is 0. The summed E-state index contributed by atoms with van der Waals surface area (Å²) in [5.41, 5.74) is 4.68. The first-order chi connectivity index (χ1) is 11.4. The molecule has 0 saturated carbocycles. The Morgan fingerprint density at radius 1 is 1.38 bits per heavy atom. The number of carbonyl (C=O) groups excluding carboxylic acids is 1. The molecule has 0 radical (unpaired) electrons. The minimum atomic E-state index is -0.993. The number of amides is 1. The van der Waals surface area contributed by atoms with Crippen LogP contribution < -0.4 is 10.5 Å². The van der Waals surface area contributed by atoms with Crippen molar-refractivity contribution >= 4 is 34.0 Å². The number of benzene rings is 1. The molecule has 1 aliphatic heterocycles. The number of nitrogen functional groups attached to an aromatic ring is 1. The van der Waals surface area contributed by atoms with Crippen molar-refractivity contribution in [2.75, 3.05) is 12.3 Å². The molecule has 0 aliphatic carbocycles. The van der Waals surface area contributed by atoms with Crippen molar-refractivity contribution in [3.05, 3.63) is 34.3 Å². The highest BCUT2D eigenvalue weighted by Gasteiger charge is 2.41. The second kappa shape index (κ2) is 6.57. The van der Waals surface area contributed by atoms with Crippen LogP contribution >= 0.6 is 22.9 Å². The van der Waals surface area contributed by atoms with Crippen LogP contribution in [0.2, 0.25) is 5.02 Å². The van der Waals surface area contributed by atoms with Crippen LogP contribution in [0, 0.1) is 0 Å². The van der Waals surface area contributed by atoms with Gasteiger partial charge in [-0.2, -0.15) is 0 Å². The van der Waals surface area contributed by atoms with E-state index in [1.807, 2.05) is 4.90 Å². The van der Waals surface area contributed by atoms with Crippen LogP contribution in [0.25, 0.3) is 0 Å². The van der Waals surface area contributed by atoms with Crippen LogP contribution in [0.3, 0.4) is 0 Å². The number of halogens is 1. The Kier molecular flexibility index (Phi) is 4.64. The highest BCUT2D eigenvalue weighted by Crippen LogP contribution is 2.36. The van der Waals surface area contributed by atoms with E-state index in [0.29, 0.717) is 22.4 Å². The fourth-order valence-corrected chi connectivity index (χ4v) is 3.72. The van der Waals surface area contributed by atoms with E-state index < -0.39 is 5.60 Å². The lowest BCUT2D eigenvalue weighted by atomic mass is 10.1. The van der Waals surface area contributed by atoms with Gasteiger partial charge in [-0.3, -0.25) is 4.79 Å². The second-order valence-corrected chi connectivity index (χ2v) is 7.68. The van der Waals surface area contributed by atoms with Crippen LogP contribution in [0.5, 0.6) is 5.75 Å². The van der Waals surface area contributed by atoms with Crippen molar-refractivity contribution in [1.82, 2.24) is 15.1 Å². The minimum Gasteiger partial charge on any atom is -0.478 e. The maximum Gasteiger partial charge on any atom is 0.266 e. The lowest BCUT2D eigenvalue weighted by Gasteiger charge is -2.32. The predicted octanol–water partition coefficient (Wildman–Crippen LogP) is 3.29. The first kappa shape index (κ1) is 17.0. The van der Waals surface area contributed by atoms with Gasteiger partial charge in [0.1, 0.15) is 10.8 Å². The third-order valence-electron chi connectivity index (χ3n) is 3.96. The molecule has 1 fully saturated rings. The zero-order valence-electron chi connectivity index (χ0n) is 13.5. The summed E-state index contributed by atoms with van der Waals surface area (Å²) in [5.74, 6) is 0.530. The molecule has 1 saturated heterocycles. The summed E-state index contributed by atoms with van der Waals surface area (Å²) >= 11 is 7.21. The molecule has 1 aromatic carbocycles. The summed E-state index contributed by atoms with van der Waals surface area (Å²) < 4.78 is 5.91. The molecule has 0 unspecified atom stereocenters. The van der Waals surface area contributed by atoms with Gasteiger partial charge in [0, 0.05) is 11.6 Å². The van der Waals surface area contributed by atoms with Gasteiger partial charge in [-0.25, -0.2) is 0 Å². The number of nitrogens with zero attached hydrogens (tertiary/aromatic N) is 3. The maximum atomic E-state index is 13.0. The van der Waals surface area contributed by atoms with E-state index in [4.69, 9.17) is 22.1 Å². The monoisotopic (exact) mass is 366 g/mol. The molecule has 1 aliphatic rings. The van der Waals surface area contributed by atoms with Crippen molar-refractivity contribution < 1.29 is 9.53 Å². The van der Waals surface area contributed by atoms with Crippen LogP contribution in [-0.2, 0) is 4.79 Å². The lowest BCUT2D eigenvalue weighted by molar-refractivity contribution is -0.146. The van der Waals surface area contributed by atoms with Crippen LogP contribution in [0.4, 0.5) is 5.13 Å². The third-order valence-corrected chi connectivity index (χ3v) is 5.06. The van der Waals surface area contributed by atoms with Crippen molar-refractivity contribution in [2.24, 2.45) is 0 Å². The summed E-state index contributed by atoms with van der Waals surface area (Å²) in [6, 6.07) is 6.90. The van der Waals surface area contributed by atoms with Crippen molar-refractivity contribution in [3.8, 4) is 5.75 Å². The molecule has 2 heterocycles. The number of anilines is 1. The quantitative estimate of drug-likeness (QED) is 0.897. The van der Waals surface area contributed by atoms with Crippen molar-refractivity contribution in [2.45, 2.75) is 38.3 Å². The average molecular weight is 367 g/mol. The largest absolute Gasteiger partial charge is 0.478 e. The Balaban J connectivity index is 1.77. The molecule has 2 aromatic rings. The molecule has 128 valence electrons. The number of likely N-dealkylation sites (tertiary alicyclic amines) is 1. The maximum absolute atomic E-state index is 13.0. The van der Waals surface area contributed by atoms with Gasteiger partial charge >= 0.3 is 0 Å². The van der Waals surface area contributed by atoms with Crippen LogP contribution in [0.1, 0.15) is 37.7 Å². The number of ether oxygens (including phenoxy) is 1. The molecule has 3 rings (SSSR count). The number of aromatic nitrogens is 2. The molecule has 8 heteroatoms. The van der Waals surface area contributed by atoms with Gasteiger partial charge < -0.3 is 15.4 Å².